The lowest BCUT2D eigenvalue weighted by molar-refractivity contribution is 0.552. The number of halogens is 1. The SMILES string of the molecule is CC(C)CNCc1ccc(Cn2cc(Br)cn2)cc1. The van der Waals surface area contributed by atoms with Crippen LogP contribution in [0.5, 0.6) is 0 Å². The highest BCUT2D eigenvalue weighted by Gasteiger charge is 1.99. The second-order valence-corrected chi connectivity index (χ2v) is 6.11. The monoisotopic (exact) mass is 321 g/mol. The van der Waals surface area contributed by atoms with Crippen LogP contribution in [0, 0.1) is 5.92 Å². The van der Waals surface area contributed by atoms with Gasteiger partial charge in [-0.25, -0.2) is 0 Å². The Balaban J connectivity index is 1.87. The van der Waals surface area contributed by atoms with Gasteiger partial charge < -0.3 is 5.32 Å². The minimum atomic E-state index is 0.692. The number of rotatable bonds is 6. The smallest absolute Gasteiger partial charge is 0.0659 e. The Morgan fingerprint density at radius 2 is 1.89 bits per heavy atom. The van der Waals surface area contributed by atoms with Crippen molar-refractivity contribution in [3.05, 3.63) is 52.3 Å². The molecule has 0 spiro atoms. The molecular formula is C15H20BrN3. The van der Waals surface area contributed by atoms with E-state index in [4.69, 9.17) is 0 Å². The molecule has 1 heterocycles. The summed E-state index contributed by atoms with van der Waals surface area (Å²) in [5.74, 6) is 0.692. The number of nitrogens with zero attached hydrogens (tertiary/aromatic N) is 2. The van der Waals surface area contributed by atoms with Gasteiger partial charge in [0.1, 0.15) is 0 Å². The summed E-state index contributed by atoms with van der Waals surface area (Å²) in [6.07, 6.45) is 3.79. The lowest BCUT2D eigenvalue weighted by Crippen LogP contribution is -2.18. The van der Waals surface area contributed by atoms with E-state index in [1.54, 1.807) is 0 Å². The van der Waals surface area contributed by atoms with E-state index in [1.165, 1.54) is 11.1 Å². The van der Waals surface area contributed by atoms with Crippen LogP contribution in [0.3, 0.4) is 0 Å². The molecule has 0 aliphatic rings. The zero-order valence-corrected chi connectivity index (χ0v) is 13.0. The first kappa shape index (κ1) is 14.3. The predicted molar refractivity (Wildman–Crippen MR) is 82.0 cm³/mol. The molecule has 0 unspecified atom stereocenters. The lowest BCUT2D eigenvalue weighted by atomic mass is 10.1. The maximum atomic E-state index is 4.26. The summed E-state index contributed by atoms with van der Waals surface area (Å²) in [7, 11) is 0. The maximum Gasteiger partial charge on any atom is 0.0659 e. The van der Waals surface area contributed by atoms with Crippen LogP contribution < -0.4 is 5.32 Å². The Labute approximate surface area is 123 Å². The van der Waals surface area contributed by atoms with E-state index < -0.39 is 0 Å². The maximum absolute atomic E-state index is 4.26. The van der Waals surface area contributed by atoms with Crippen LogP contribution in [0.1, 0.15) is 25.0 Å². The molecule has 0 saturated heterocycles. The van der Waals surface area contributed by atoms with E-state index in [9.17, 15) is 0 Å². The molecule has 1 aromatic heterocycles. The van der Waals surface area contributed by atoms with E-state index in [1.807, 2.05) is 17.1 Å². The Morgan fingerprint density at radius 3 is 2.47 bits per heavy atom. The molecule has 0 amide bonds. The van der Waals surface area contributed by atoms with Gasteiger partial charge in [-0.2, -0.15) is 5.10 Å². The van der Waals surface area contributed by atoms with Gasteiger partial charge in [0.25, 0.3) is 0 Å². The molecular weight excluding hydrogens is 302 g/mol. The number of benzene rings is 1. The summed E-state index contributed by atoms with van der Waals surface area (Å²) in [4.78, 5) is 0. The standard InChI is InChI=1S/C15H20BrN3/c1-12(2)7-17-8-13-3-5-14(6-4-13)10-19-11-15(16)9-18-19/h3-6,9,11-12,17H,7-8,10H2,1-2H3. The summed E-state index contributed by atoms with van der Waals surface area (Å²) in [5.41, 5.74) is 2.59. The first-order valence-electron chi connectivity index (χ1n) is 6.60. The first-order chi connectivity index (χ1) is 9.13. The quantitative estimate of drug-likeness (QED) is 0.883. The lowest BCUT2D eigenvalue weighted by Gasteiger charge is -2.08. The van der Waals surface area contributed by atoms with Crippen molar-refractivity contribution >= 4 is 15.9 Å². The largest absolute Gasteiger partial charge is 0.312 e. The summed E-state index contributed by atoms with van der Waals surface area (Å²) in [6, 6.07) is 8.70. The van der Waals surface area contributed by atoms with Crippen LogP contribution in [0.4, 0.5) is 0 Å². The topological polar surface area (TPSA) is 29.9 Å². The third-order valence-corrected chi connectivity index (χ3v) is 3.26. The molecule has 0 atom stereocenters. The Kier molecular flexibility index (Phi) is 5.16. The van der Waals surface area contributed by atoms with Crippen LogP contribution in [0.25, 0.3) is 0 Å². The fraction of sp³-hybridized carbons (Fsp3) is 0.400. The van der Waals surface area contributed by atoms with Crippen molar-refractivity contribution < 1.29 is 0 Å². The van der Waals surface area contributed by atoms with E-state index in [0.717, 1.165) is 24.1 Å². The Bertz CT molecular complexity index is 502. The van der Waals surface area contributed by atoms with Gasteiger partial charge in [-0.1, -0.05) is 38.1 Å². The van der Waals surface area contributed by atoms with Crippen LogP contribution in [0.2, 0.25) is 0 Å². The average Bonchev–Trinajstić information content (AvgIpc) is 2.77. The van der Waals surface area contributed by atoms with Crippen molar-refractivity contribution in [1.29, 1.82) is 0 Å². The van der Waals surface area contributed by atoms with Gasteiger partial charge in [0.15, 0.2) is 0 Å². The van der Waals surface area contributed by atoms with Gasteiger partial charge in [0.2, 0.25) is 0 Å². The van der Waals surface area contributed by atoms with E-state index >= 15 is 0 Å². The van der Waals surface area contributed by atoms with Crippen molar-refractivity contribution in [2.45, 2.75) is 26.9 Å². The minimum Gasteiger partial charge on any atom is -0.312 e. The van der Waals surface area contributed by atoms with Gasteiger partial charge in [-0.3, -0.25) is 4.68 Å². The molecule has 0 aliphatic carbocycles. The zero-order chi connectivity index (χ0) is 13.7. The third kappa shape index (κ3) is 4.80. The predicted octanol–water partition coefficient (Wildman–Crippen LogP) is 3.44. The van der Waals surface area contributed by atoms with E-state index in [0.29, 0.717) is 5.92 Å². The number of nitrogens with one attached hydrogen (secondary N) is 1. The van der Waals surface area contributed by atoms with Crippen LogP contribution in [0.15, 0.2) is 41.1 Å². The summed E-state index contributed by atoms with van der Waals surface area (Å²) in [5, 5.41) is 7.71. The van der Waals surface area contributed by atoms with Gasteiger partial charge in [-0.15, -0.1) is 0 Å². The zero-order valence-electron chi connectivity index (χ0n) is 11.4. The molecule has 2 rings (SSSR count). The van der Waals surface area contributed by atoms with Gasteiger partial charge in [-0.05, 0) is 39.5 Å². The molecule has 0 radical (unpaired) electrons. The highest BCUT2D eigenvalue weighted by atomic mass is 79.9. The van der Waals surface area contributed by atoms with E-state index in [-0.39, 0.29) is 0 Å². The Morgan fingerprint density at radius 1 is 1.21 bits per heavy atom. The van der Waals surface area contributed by atoms with E-state index in [2.05, 4.69) is 64.5 Å². The summed E-state index contributed by atoms with van der Waals surface area (Å²) in [6.45, 7) is 7.25. The molecule has 1 aromatic carbocycles. The average molecular weight is 322 g/mol. The second kappa shape index (κ2) is 6.87. The molecule has 0 fully saturated rings. The molecule has 0 saturated carbocycles. The normalized spacial score (nSPS) is 11.2. The molecule has 19 heavy (non-hydrogen) atoms. The molecule has 4 heteroatoms. The van der Waals surface area contributed by atoms with Gasteiger partial charge in [0.05, 0.1) is 17.2 Å². The molecule has 1 N–H and O–H groups in total. The highest BCUT2D eigenvalue weighted by Crippen LogP contribution is 2.10. The van der Waals surface area contributed by atoms with Crippen LogP contribution in [-0.4, -0.2) is 16.3 Å². The molecule has 0 aliphatic heterocycles. The fourth-order valence-electron chi connectivity index (χ4n) is 1.88. The molecule has 102 valence electrons. The van der Waals surface area contributed by atoms with Crippen molar-refractivity contribution in [2.24, 2.45) is 5.92 Å². The van der Waals surface area contributed by atoms with Gasteiger partial charge >= 0.3 is 0 Å². The second-order valence-electron chi connectivity index (χ2n) is 5.20. The number of hydrogen-bond acceptors (Lipinski definition) is 2. The van der Waals surface area contributed by atoms with Crippen molar-refractivity contribution in [1.82, 2.24) is 15.1 Å². The summed E-state index contributed by atoms with van der Waals surface area (Å²) >= 11 is 3.41. The van der Waals surface area contributed by atoms with Crippen LogP contribution in [-0.2, 0) is 13.1 Å². The first-order valence-corrected chi connectivity index (χ1v) is 7.39. The molecule has 2 aromatic rings. The minimum absolute atomic E-state index is 0.692. The summed E-state index contributed by atoms with van der Waals surface area (Å²) < 4.78 is 2.94. The van der Waals surface area contributed by atoms with Crippen LogP contribution >= 0.6 is 15.9 Å². The van der Waals surface area contributed by atoms with Gasteiger partial charge in [0, 0.05) is 12.7 Å². The van der Waals surface area contributed by atoms with Crippen molar-refractivity contribution in [3.8, 4) is 0 Å². The molecule has 0 bridgehead atoms. The number of aromatic nitrogens is 2. The highest BCUT2D eigenvalue weighted by molar-refractivity contribution is 9.10. The van der Waals surface area contributed by atoms with Crippen molar-refractivity contribution in [3.63, 3.8) is 0 Å². The van der Waals surface area contributed by atoms with Crippen molar-refractivity contribution in [2.75, 3.05) is 6.54 Å². The third-order valence-electron chi connectivity index (χ3n) is 2.85. The fourth-order valence-corrected chi connectivity index (χ4v) is 2.21. The Hall–Kier alpha value is -1.13. The number of hydrogen-bond donors (Lipinski definition) is 1. The molecule has 3 nitrogen and oxygen atoms in total.